The number of ether oxygens (including phenoxy) is 1. The fraction of sp³-hybridized carbons (Fsp3) is 0.118. The van der Waals surface area contributed by atoms with Crippen molar-refractivity contribution in [2.24, 2.45) is 0 Å². The lowest BCUT2D eigenvalue weighted by molar-refractivity contribution is -0.0498. The second-order valence-corrected chi connectivity index (χ2v) is 5.41. The van der Waals surface area contributed by atoms with Gasteiger partial charge in [-0.2, -0.15) is 13.5 Å². The van der Waals surface area contributed by atoms with Gasteiger partial charge in [-0.25, -0.2) is 0 Å². The Labute approximate surface area is 141 Å². The lowest BCUT2D eigenvalue weighted by Gasteiger charge is -2.23. The Morgan fingerprint density at radius 3 is 2.52 bits per heavy atom. The predicted octanol–water partition coefficient (Wildman–Crippen LogP) is 3.33. The molecule has 1 aliphatic rings. The third kappa shape index (κ3) is 3.06. The SMILES string of the molecule is FC(F)Oc1ccc([C@@H]2C=C(c3ccccc3)Nc3nnnn32)cc1. The molecule has 0 bridgehead atoms. The number of fused-ring (bicyclic) bond motifs is 1. The Kier molecular flexibility index (Phi) is 3.85. The van der Waals surface area contributed by atoms with E-state index < -0.39 is 6.61 Å². The third-order valence-corrected chi connectivity index (χ3v) is 3.86. The Morgan fingerprint density at radius 1 is 1.04 bits per heavy atom. The number of nitrogens with zero attached hydrogens (tertiary/aromatic N) is 4. The van der Waals surface area contributed by atoms with E-state index in [2.05, 4.69) is 25.6 Å². The number of aromatic nitrogens is 4. The molecule has 25 heavy (non-hydrogen) atoms. The summed E-state index contributed by atoms with van der Waals surface area (Å²) >= 11 is 0. The number of anilines is 1. The molecule has 0 saturated carbocycles. The molecule has 0 amide bonds. The fourth-order valence-corrected chi connectivity index (χ4v) is 2.72. The van der Waals surface area contributed by atoms with Gasteiger partial charge in [0, 0.05) is 5.70 Å². The van der Waals surface area contributed by atoms with E-state index in [-0.39, 0.29) is 11.8 Å². The lowest BCUT2D eigenvalue weighted by Crippen LogP contribution is -2.20. The maximum absolute atomic E-state index is 12.3. The van der Waals surface area contributed by atoms with Crippen molar-refractivity contribution in [3.8, 4) is 5.75 Å². The number of tetrazole rings is 1. The maximum atomic E-state index is 12.3. The summed E-state index contributed by atoms with van der Waals surface area (Å²) in [6.07, 6.45) is 1.99. The normalized spacial score (nSPS) is 16.1. The van der Waals surface area contributed by atoms with Gasteiger partial charge in [-0.15, -0.1) is 0 Å². The van der Waals surface area contributed by atoms with Gasteiger partial charge < -0.3 is 10.1 Å². The van der Waals surface area contributed by atoms with E-state index in [0.717, 1.165) is 16.8 Å². The summed E-state index contributed by atoms with van der Waals surface area (Å²) in [5.74, 6) is 0.621. The summed E-state index contributed by atoms with van der Waals surface area (Å²) in [5.41, 5.74) is 2.73. The molecule has 0 aliphatic carbocycles. The summed E-state index contributed by atoms with van der Waals surface area (Å²) in [7, 11) is 0. The van der Waals surface area contributed by atoms with Crippen molar-refractivity contribution in [2.75, 3.05) is 5.32 Å². The van der Waals surface area contributed by atoms with Crippen LogP contribution >= 0.6 is 0 Å². The minimum absolute atomic E-state index is 0.108. The van der Waals surface area contributed by atoms with Crippen LogP contribution in [0.2, 0.25) is 0 Å². The zero-order chi connectivity index (χ0) is 17.2. The predicted molar refractivity (Wildman–Crippen MR) is 87.1 cm³/mol. The highest BCUT2D eigenvalue weighted by Gasteiger charge is 2.24. The molecule has 126 valence electrons. The highest BCUT2D eigenvalue weighted by Crippen LogP contribution is 2.32. The highest BCUT2D eigenvalue weighted by molar-refractivity contribution is 5.76. The van der Waals surface area contributed by atoms with Crippen LogP contribution in [0.4, 0.5) is 14.7 Å². The molecule has 8 heteroatoms. The van der Waals surface area contributed by atoms with Gasteiger partial charge >= 0.3 is 6.61 Å². The van der Waals surface area contributed by atoms with Gasteiger partial charge in [0.25, 0.3) is 0 Å². The van der Waals surface area contributed by atoms with Crippen LogP contribution < -0.4 is 10.1 Å². The van der Waals surface area contributed by atoms with Crippen LogP contribution in [0.5, 0.6) is 5.75 Å². The average Bonchev–Trinajstić information content (AvgIpc) is 3.10. The van der Waals surface area contributed by atoms with Crippen LogP contribution in [-0.4, -0.2) is 26.8 Å². The van der Waals surface area contributed by atoms with Crippen molar-refractivity contribution in [3.05, 3.63) is 71.8 Å². The standard InChI is InChI=1S/C17H13F2N5O/c18-16(19)25-13-8-6-12(7-9-13)15-10-14(11-4-2-1-3-5-11)20-17-21-22-23-24(15)17/h1-10,15-16H,(H,20,21,23)/t15-/m0/s1. The summed E-state index contributed by atoms with van der Waals surface area (Å²) in [5, 5.41) is 14.9. The van der Waals surface area contributed by atoms with Crippen molar-refractivity contribution in [3.63, 3.8) is 0 Å². The summed E-state index contributed by atoms with van der Waals surface area (Å²) in [4.78, 5) is 0. The molecule has 1 aliphatic heterocycles. The fourth-order valence-electron chi connectivity index (χ4n) is 2.72. The first-order valence-corrected chi connectivity index (χ1v) is 7.57. The van der Waals surface area contributed by atoms with Gasteiger partial charge in [-0.05, 0) is 39.8 Å². The zero-order valence-corrected chi connectivity index (χ0v) is 12.9. The molecule has 6 nitrogen and oxygen atoms in total. The van der Waals surface area contributed by atoms with E-state index >= 15 is 0 Å². The van der Waals surface area contributed by atoms with Gasteiger partial charge in [0.2, 0.25) is 5.95 Å². The smallest absolute Gasteiger partial charge is 0.387 e. The first-order valence-electron chi connectivity index (χ1n) is 7.57. The van der Waals surface area contributed by atoms with E-state index in [0.29, 0.717) is 5.95 Å². The minimum Gasteiger partial charge on any atom is -0.435 e. The minimum atomic E-state index is -2.85. The van der Waals surface area contributed by atoms with Crippen LogP contribution in [0, 0.1) is 0 Å². The molecular weight excluding hydrogens is 328 g/mol. The lowest BCUT2D eigenvalue weighted by atomic mass is 10.0. The summed E-state index contributed by atoms with van der Waals surface area (Å²) < 4.78 is 30.6. The van der Waals surface area contributed by atoms with Gasteiger partial charge in [0.05, 0.1) is 0 Å². The number of halogens is 2. The van der Waals surface area contributed by atoms with Crippen molar-refractivity contribution in [2.45, 2.75) is 12.7 Å². The number of hydrogen-bond donors (Lipinski definition) is 1. The van der Waals surface area contributed by atoms with Gasteiger partial charge in [0.15, 0.2) is 0 Å². The zero-order valence-electron chi connectivity index (χ0n) is 12.9. The van der Waals surface area contributed by atoms with Crippen molar-refractivity contribution in [1.82, 2.24) is 20.2 Å². The number of benzene rings is 2. The van der Waals surface area contributed by atoms with Gasteiger partial charge in [-0.1, -0.05) is 47.6 Å². The topological polar surface area (TPSA) is 64.9 Å². The molecule has 3 aromatic rings. The van der Waals surface area contributed by atoms with E-state index in [1.165, 1.54) is 12.1 Å². The molecule has 1 atom stereocenters. The molecule has 0 fully saturated rings. The summed E-state index contributed by atoms with van der Waals surface area (Å²) in [6, 6.07) is 16.0. The Balaban J connectivity index is 1.71. The maximum Gasteiger partial charge on any atom is 0.387 e. The number of alkyl halides is 2. The molecule has 1 N–H and O–H groups in total. The molecule has 1 aromatic heterocycles. The Bertz CT molecular complexity index is 893. The first kappa shape index (κ1) is 15.3. The van der Waals surface area contributed by atoms with E-state index in [4.69, 9.17) is 0 Å². The van der Waals surface area contributed by atoms with Crippen LogP contribution in [0.25, 0.3) is 5.70 Å². The number of hydrogen-bond acceptors (Lipinski definition) is 5. The second kappa shape index (κ2) is 6.31. The Morgan fingerprint density at radius 2 is 1.80 bits per heavy atom. The van der Waals surface area contributed by atoms with Crippen LogP contribution in [0.15, 0.2) is 60.7 Å². The second-order valence-electron chi connectivity index (χ2n) is 5.41. The van der Waals surface area contributed by atoms with Gasteiger partial charge in [0.1, 0.15) is 11.8 Å². The molecule has 0 radical (unpaired) electrons. The number of allylic oxidation sites excluding steroid dienone is 1. The molecule has 0 spiro atoms. The molecule has 0 unspecified atom stereocenters. The largest absolute Gasteiger partial charge is 0.435 e. The number of nitrogens with one attached hydrogen (secondary N) is 1. The quantitative estimate of drug-likeness (QED) is 0.788. The molecule has 2 heterocycles. The molecule has 2 aromatic carbocycles. The van der Waals surface area contributed by atoms with E-state index in [9.17, 15) is 8.78 Å². The average molecular weight is 341 g/mol. The monoisotopic (exact) mass is 341 g/mol. The molecular formula is C17H13F2N5O. The van der Waals surface area contributed by atoms with Crippen molar-refractivity contribution < 1.29 is 13.5 Å². The van der Waals surface area contributed by atoms with Gasteiger partial charge in [-0.3, -0.25) is 0 Å². The first-order chi connectivity index (χ1) is 12.2. The van der Waals surface area contributed by atoms with Crippen LogP contribution in [0.3, 0.4) is 0 Å². The molecule has 0 saturated heterocycles. The van der Waals surface area contributed by atoms with E-state index in [1.807, 2.05) is 36.4 Å². The van der Waals surface area contributed by atoms with Crippen molar-refractivity contribution in [1.29, 1.82) is 0 Å². The van der Waals surface area contributed by atoms with Crippen LogP contribution in [0.1, 0.15) is 17.2 Å². The highest BCUT2D eigenvalue weighted by atomic mass is 19.3. The Hall–Kier alpha value is -3.29. The third-order valence-electron chi connectivity index (χ3n) is 3.86. The number of rotatable bonds is 4. The van der Waals surface area contributed by atoms with E-state index in [1.54, 1.807) is 16.8 Å². The van der Waals surface area contributed by atoms with Crippen LogP contribution in [-0.2, 0) is 0 Å². The summed E-state index contributed by atoms with van der Waals surface area (Å²) in [6.45, 7) is -2.85. The molecule has 4 rings (SSSR count). The van der Waals surface area contributed by atoms with Crippen molar-refractivity contribution >= 4 is 11.6 Å².